The van der Waals surface area contributed by atoms with Crippen molar-refractivity contribution in [2.24, 2.45) is 0 Å². The van der Waals surface area contributed by atoms with Crippen LogP contribution in [-0.4, -0.2) is 31.1 Å². The van der Waals surface area contributed by atoms with Gasteiger partial charge in [-0.05, 0) is 25.1 Å². The van der Waals surface area contributed by atoms with E-state index in [-0.39, 0.29) is 17.3 Å². The van der Waals surface area contributed by atoms with Crippen molar-refractivity contribution < 1.29 is 18.0 Å². The van der Waals surface area contributed by atoms with Crippen molar-refractivity contribution in [2.75, 3.05) is 5.32 Å². The molecule has 0 saturated carbocycles. The van der Waals surface area contributed by atoms with Crippen molar-refractivity contribution in [1.82, 2.24) is 25.2 Å². The molecular formula is C16H15F3N6OS. The first-order valence-corrected chi connectivity index (χ1v) is 8.73. The molecule has 2 heterocycles. The fourth-order valence-electron chi connectivity index (χ4n) is 2.27. The highest BCUT2D eigenvalue weighted by atomic mass is 32.1. The highest BCUT2D eigenvalue weighted by Crippen LogP contribution is 2.30. The average molecular weight is 396 g/mol. The van der Waals surface area contributed by atoms with Gasteiger partial charge in [0, 0.05) is 5.92 Å². The molecule has 0 fully saturated rings. The van der Waals surface area contributed by atoms with Crippen LogP contribution in [0.15, 0.2) is 24.3 Å². The van der Waals surface area contributed by atoms with Gasteiger partial charge in [-0.25, -0.2) is 4.68 Å². The molecule has 0 aliphatic rings. The largest absolute Gasteiger partial charge is 0.416 e. The van der Waals surface area contributed by atoms with Crippen LogP contribution in [0, 0.1) is 6.92 Å². The minimum atomic E-state index is -4.48. The molecule has 1 amide bonds. The number of carbonyl (C=O) groups is 1. The Hall–Kier alpha value is -2.82. The molecule has 1 N–H and O–H groups in total. The first-order chi connectivity index (χ1) is 12.7. The van der Waals surface area contributed by atoms with E-state index in [4.69, 9.17) is 0 Å². The zero-order valence-electron chi connectivity index (χ0n) is 14.6. The summed E-state index contributed by atoms with van der Waals surface area (Å²) in [6, 6.07) is 4.64. The molecule has 0 bridgehead atoms. The molecule has 7 nitrogen and oxygen atoms in total. The second-order valence-corrected chi connectivity index (χ2v) is 7.05. The molecule has 0 saturated heterocycles. The lowest BCUT2D eigenvalue weighted by molar-refractivity contribution is -0.137. The fraction of sp³-hybridized carbons (Fsp3) is 0.312. The molecule has 0 atom stereocenters. The Kier molecular flexibility index (Phi) is 4.96. The maximum Gasteiger partial charge on any atom is 0.416 e. The molecule has 27 heavy (non-hydrogen) atoms. The van der Waals surface area contributed by atoms with E-state index in [1.165, 1.54) is 28.2 Å². The number of nitrogens with one attached hydrogen (secondary N) is 1. The van der Waals surface area contributed by atoms with Gasteiger partial charge in [0.1, 0.15) is 5.01 Å². The van der Waals surface area contributed by atoms with E-state index in [2.05, 4.69) is 25.8 Å². The number of hydrogen-bond donors (Lipinski definition) is 1. The van der Waals surface area contributed by atoms with Gasteiger partial charge in [0.05, 0.1) is 16.9 Å². The van der Waals surface area contributed by atoms with Crippen LogP contribution in [0.2, 0.25) is 0 Å². The summed E-state index contributed by atoms with van der Waals surface area (Å²) in [6.07, 6.45) is -4.48. The summed E-state index contributed by atoms with van der Waals surface area (Å²) >= 11 is 1.24. The van der Waals surface area contributed by atoms with E-state index < -0.39 is 17.6 Å². The smallest absolute Gasteiger partial charge is 0.295 e. The van der Waals surface area contributed by atoms with Gasteiger partial charge in [0.25, 0.3) is 5.91 Å². The highest BCUT2D eigenvalue weighted by Gasteiger charge is 2.31. The third kappa shape index (κ3) is 3.97. The third-order valence-electron chi connectivity index (χ3n) is 3.68. The SMILES string of the molecule is Cc1c(C(=O)Nc2nnc(C(C)C)s2)nnn1-c1cccc(C(F)(F)F)c1. The van der Waals surface area contributed by atoms with Gasteiger partial charge in [0.2, 0.25) is 5.13 Å². The number of anilines is 1. The van der Waals surface area contributed by atoms with Crippen molar-refractivity contribution in [3.63, 3.8) is 0 Å². The molecule has 0 aliphatic carbocycles. The van der Waals surface area contributed by atoms with Gasteiger partial charge in [-0.3, -0.25) is 10.1 Å². The maximum absolute atomic E-state index is 12.9. The number of aromatic nitrogens is 5. The number of amides is 1. The normalized spacial score (nSPS) is 11.8. The first-order valence-electron chi connectivity index (χ1n) is 7.91. The molecule has 0 radical (unpaired) electrons. The number of alkyl halides is 3. The zero-order valence-corrected chi connectivity index (χ0v) is 15.4. The summed E-state index contributed by atoms with van der Waals surface area (Å²) in [5.41, 5.74) is -0.350. The summed E-state index contributed by atoms with van der Waals surface area (Å²) in [5, 5.41) is 19.2. The Balaban J connectivity index is 1.85. The number of rotatable bonds is 4. The predicted molar refractivity (Wildman–Crippen MR) is 93.0 cm³/mol. The Morgan fingerprint density at radius 1 is 1.22 bits per heavy atom. The van der Waals surface area contributed by atoms with Crippen LogP contribution in [-0.2, 0) is 6.18 Å². The second-order valence-electron chi connectivity index (χ2n) is 6.04. The molecule has 1 aromatic carbocycles. The molecule has 0 aliphatic heterocycles. The molecule has 0 unspecified atom stereocenters. The van der Waals surface area contributed by atoms with Gasteiger partial charge < -0.3 is 0 Å². The first kappa shape index (κ1) is 19.0. The molecular weight excluding hydrogens is 381 g/mol. The number of halogens is 3. The summed E-state index contributed by atoms with van der Waals surface area (Å²) < 4.78 is 39.9. The molecule has 3 rings (SSSR count). The lowest BCUT2D eigenvalue weighted by atomic mass is 10.2. The van der Waals surface area contributed by atoms with E-state index in [9.17, 15) is 18.0 Å². The number of nitrogens with zero attached hydrogens (tertiary/aromatic N) is 5. The van der Waals surface area contributed by atoms with Crippen LogP contribution < -0.4 is 5.32 Å². The molecule has 11 heteroatoms. The van der Waals surface area contributed by atoms with Crippen LogP contribution in [0.3, 0.4) is 0 Å². The van der Waals surface area contributed by atoms with E-state index in [1.807, 2.05) is 13.8 Å². The summed E-state index contributed by atoms with van der Waals surface area (Å²) in [4.78, 5) is 12.4. The van der Waals surface area contributed by atoms with Crippen LogP contribution in [0.1, 0.15) is 46.5 Å². The third-order valence-corrected chi connectivity index (χ3v) is 4.82. The number of carbonyl (C=O) groups excluding carboxylic acids is 1. The van der Waals surface area contributed by atoms with E-state index in [1.54, 1.807) is 6.92 Å². The second kappa shape index (κ2) is 7.06. The number of hydrogen-bond acceptors (Lipinski definition) is 6. The van der Waals surface area contributed by atoms with Crippen LogP contribution >= 0.6 is 11.3 Å². The quantitative estimate of drug-likeness (QED) is 0.725. The van der Waals surface area contributed by atoms with Crippen LogP contribution in [0.5, 0.6) is 0 Å². The monoisotopic (exact) mass is 396 g/mol. The maximum atomic E-state index is 12.9. The van der Waals surface area contributed by atoms with Gasteiger partial charge in [-0.2, -0.15) is 13.2 Å². The standard InChI is InChI=1S/C16H15F3N6OS/c1-8(2)14-22-23-15(27-14)20-13(26)12-9(3)25(24-21-12)11-6-4-5-10(7-11)16(17,18)19/h4-8H,1-3H3,(H,20,23,26). The fourth-order valence-corrected chi connectivity index (χ4v) is 3.01. The lowest BCUT2D eigenvalue weighted by Crippen LogP contribution is -2.14. The van der Waals surface area contributed by atoms with Gasteiger partial charge >= 0.3 is 6.18 Å². The lowest BCUT2D eigenvalue weighted by Gasteiger charge is -2.09. The van der Waals surface area contributed by atoms with Crippen LogP contribution in [0.4, 0.5) is 18.3 Å². The Bertz CT molecular complexity index is 979. The minimum absolute atomic E-state index is 0.00583. The van der Waals surface area contributed by atoms with Crippen LogP contribution in [0.25, 0.3) is 5.69 Å². The molecule has 2 aromatic heterocycles. The minimum Gasteiger partial charge on any atom is -0.295 e. The molecule has 3 aromatic rings. The van der Waals surface area contributed by atoms with E-state index >= 15 is 0 Å². The van der Waals surface area contributed by atoms with E-state index in [0.29, 0.717) is 10.8 Å². The zero-order chi connectivity index (χ0) is 19.8. The topological polar surface area (TPSA) is 85.6 Å². The van der Waals surface area contributed by atoms with Crippen molar-refractivity contribution in [3.8, 4) is 5.69 Å². The summed E-state index contributed by atoms with van der Waals surface area (Å²) in [6.45, 7) is 5.46. The Morgan fingerprint density at radius 2 is 1.96 bits per heavy atom. The Labute approximate surface area is 156 Å². The van der Waals surface area contributed by atoms with Gasteiger partial charge in [0.15, 0.2) is 5.69 Å². The van der Waals surface area contributed by atoms with E-state index in [0.717, 1.165) is 17.1 Å². The number of benzene rings is 1. The van der Waals surface area contributed by atoms with Crippen molar-refractivity contribution in [3.05, 3.63) is 46.2 Å². The van der Waals surface area contributed by atoms with Crippen molar-refractivity contribution in [1.29, 1.82) is 0 Å². The summed E-state index contributed by atoms with van der Waals surface area (Å²) in [5.74, 6) is -0.381. The highest BCUT2D eigenvalue weighted by molar-refractivity contribution is 7.15. The van der Waals surface area contributed by atoms with Crippen molar-refractivity contribution >= 4 is 22.4 Å². The van der Waals surface area contributed by atoms with Gasteiger partial charge in [-0.1, -0.05) is 36.5 Å². The average Bonchev–Trinajstić information content (AvgIpc) is 3.21. The molecule has 0 spiro atoms. The van der Waals surface area contributed by atoms with Gasteiger partial charge in [-0.15, -0.1) is 15.3 Å². The van der Waals surface area contributed by atoms with Crippen molar-refractivity contribution in [2.45, 2.75) is 32.9 Å². The Morgan fingerprint density at radius 3 is 2.59 bits per heavy atom. The predicted octanol–water partition coefficient (Wildman–Crippen LogP) is 3.82. The molecule has 142 valence electrons. The summed E-state index contributed by atoms with van der Waals surface area (Å²) in [7, 11) is 0.